The van der Waals surface area contributed by atoms with Crippen LogP contribution in [0.2, 0.25) is 0 Å². The van der Waals surface area contributed by atoms with Crippen molar-refractivity contribution >= 4 is 34.0 Å². The van der Waals surface area contributed by atoms with Crippen molar-refractivity contribution < 1.29 is 19.5 Å². The van der Waals surface area contributed by atoms with Crippen LogP contribution in [0.4, 0.5) is 0 Å². The smallest absolute Gasteiger partial charge is 0.340 e. The first-order valence-electron chi connectivity index (χ1n) is 5.90. The van der Waals surface area contributed by atoms with Gasteiger partial charge in [-0.25, -0.2) is 4.79 Å². The lowest BCUT2D eigenvalue weighted by atomic mass is 9.90. The van der Waals surface area contributed by atoms with E-state index in [1.54, 1.807) is 6.20 Å². The number of H-pyrrole nitrogens is 1. The highest BCUT2D eigenvalue weighted by Gasteiger charge is 2.30. The molecule has 0 fully saturated rings. The summed E-state index contributed by atoms with van der Waals surface area (Å²) in [6, 6.07) is 7.34. The fourth-order valence-corrected chi connectivity index (χ4v) is 2.29. The number of carbonyl (C=O) groups excluding carboxylic acids is 2. The predicted octanol–water partition coefficient (Wildman–Crippen LogP) is 1.71. The first-order chi connectivity index (χ1) is 9.59. The van der Waals surface area contributed by atoms with E-state index in [1.165, 1.54) is 6.08 Å². The van der Waals surface area contributed by atoms with Gasteiger partial charge in [-0.15, -0.1) is 0 Å². The van der Waals surface area contributed by atoms with Crippen molar-refractivity contribution in [1.29, 1.82) is 0 Å². The Morgan fingerprint density at radius 2 is 1.85 bits per heavy atom. The molecule has 0 amide bonds. The summed E-state index contributed by atoms with van der Waals surface area (Å²) in [4.78, 5) is 37.4. The summed E-state index contributed by atoms with van der Waals surface area (Å²) in [5.74, 6) is -3.20. The van der Waals surface area contributed by atoms with Crippen molar-refractivity contribution in [2.45, 2.75) is 0 Å². The summed E-state index contributed by atoms with van der Waals surface area (Å²) in [5, 5.41) is 9.99. The van der Waals surface area contributed by atoms with Crippen LogP contribution in [0.15, 0.2) is 48.2 Å². The molecule has 20 heavy (non-hydrogen) atoms. The van der Waals surface area contributed by atoms with E-state index in [1.807, 2.05) is 24.3 Å². The van der Waals surface area contributed by atoms with E-state index in [4.69, 9.17) is 0 Å². The standard InChI is InChI=1S/C15H9NO4/c17-12-6-5-9(13(14(12)18)15(19)20)10-7-16-11-4-2-1-3-8(10)11/h1-7,16H,(H,19,20). The zero-order chi connectivity index (χ0) is 14.3. The van der Waals surface area contributed by atoms with Gasteiger partial charge < -0.3 is 10.1 Å². The number of aromatic nitrogens is 1. The quantitative estimate of drug-likeness (QED) is 0.492. The minimum atomic E-state index is -1.40. The van der Waals surface area contributed by atoms with Crippen LogP contribution in [0.25, 0.3) is 16.5 Å². The molecule has 0 saturated heterocycles. The number of carboxylic acids is 1. The van der Waals surface area contributed by atoms with Gasteiger partial charge in [0, 0.05) is 28.2 Å². The molecule has 0 radical (unpaired) electrons. The number of benzene rings is 1. The Bertz CT molecular complexity index is 823. The first-order valence-corrected chi connectivity index (χ1v) is 5.90. The second-order valence-corrected chi connectivity index (χ2v) is 4.37. The number of rotatable bonds is 2. The Balaban J connectivity index is 2.31. The van der Waals surface area contributed by atoms with Gasteiger partial charge in [0.25, 0.3) is 0 Å². The molecular formula is C15H9NO4. The highest BCUT2D eigenvalue weighted by atomic mass is 16.4. The molecule has 1 heterocycles. The topological polar surface area (TPSA) is 87.2 Å². The molecule has 1 aliphatic rings. The molecule has 0 saturated carbocycles. The maximum atomic E-state index is 11.8. The molecule has 5 nitrogen and oxygen atoms in total. The second kappa shape index (κ2) is 4.31. The van der Waals surface area contributed by atoms with Crippen LogP contribution in [-0.4, -0.2) is 27.6 Å². The van der Waals surface area contributed by atoms with Crippen molar-refractivity contribution in [1.82, 2.24) is 4.98 Å². The third kappa shape index (κ3) is 1.68. The first kappa shape index (κ1) is 12.1. The average molecular weight is 267 g/mol. The molecule has 0 bridgehead atoms. The largest absolute Gasteiger partial charge is 0.478 e. The van der Waals surface area contributed by atoms with Gasteiger partial charge in [0.15, 0.2) is 0 Å². The minimum absolute atomic E-state index is 0.250. The third-order valence-electron chi connectivity index (χ3n) is 3.21. The van der Waals surface area contributed by atoms with Gasteiger partial charge in [-0.05, 0) is 18.2 Å². The molecule has 0 aliphatic heterocycles. The highest BCUT2D eigenvalue weighted by Crippen LogP contribution is 2.30. The van der Waals surface area contributed by atoms with Crippen molar-refractivity contribution in [3.05, 3.63) is 53.8 Å². The SMILES string of the molecule is O=C(O)C1=C(c2c[nH]c3ccccc23)C=CC(=O)C1=O. The van der Waals surface area contributed by atoms with Gasteiger partial charge in [-0.1, -0.05) is 18.2 Å². The number of allylic oxidation sites excluding steroid dienone is 3. The van der Waals surface area contributed by atoms with Crippen molar-refractivity contribution in [2.75, 3.05) is 0 Å². The lowest BCUT2D eigenvalue weighted by Crippen LogP contribution is -2.23. The van der Waals surface area contributed by atoms with Gasteiger partial charge in [-0.3, -0.25) is 9.59 Å². The van der Waals surface area contributed by atoms with E-state index in [0.29, 0.717) is 5.56 Å². The van der Waals surface area contributed by atoms with Gasteiger partial charge >= 0.3 is 5.97 Å². The van der Waals surface area contributed by atoms with Crippen LogP contribution >= 0.6 is 0 Å². The van der Waals surface area contributed by atoms with E-state index < -0.39 is 23.1 Å². The van der Waals surface area contributed by atoms with Crippen LogP contribution in [-0.2, 0) is 14.4 Å². The van der Waals surface area contributed by atoms with Crippen LogP contribution in [0.5, 0.6) is 0 Å². The molecule has 0 spiro atoms. The molecule has 3 rings (SSSR count). The maximum Gasteiger partial charge on any atom is 0.340 e. The molecule has 1 aromatic heterocycles. The molecule has 98 valence electrons. The Kier molecular flexibility index (Phi) is 2.61. The van der Waals surface area contributed by atoms with E-state index in [2.05, 4.69) is 4.98 Å². The third-order valence-corrected chi connectivity index (χ3v) is 3.21. The highest BCUT2D eigenvalue weighted by molar-refractivity contribution is 6.55. The maximum absolute atomic E-state index is 11.8. The predicted molar refractivity (Wildman–Crippen MR) is 72.0 cm³/mol. The van der Waals surface area contributed by atoms with Crippen molar-refractivity contribution in [3.8, 4) is 0 Å². The van der Waals surface area contributed by atoms with Gasteiger partial charge in [-0.2, -0.15) is 0 Å². The van der Waals surface area contributed by atoms with E-state index in [9.17, 15) is 19.5 Å². The summed E-state index contributed by atoms with van der Waals surface area (Å²) < 4.78 is 0. The summed E-state index contributed by atoms with van der Waals surface area (Å²) in [6.45, 7) is 0. The number of hydrogen-bond acceptors (Lipinski definition) is 3. The monoisotopic (exact) mass is 267 g/mol. The van der Waals surface area contributed by atoms with E-state index in [0.717, 1.165) is 17.0 Å². The van der Waals surface area contributed by atoms with Crippen LogP contribution in [0.3, 0.4) is 0 Å². The summed E-state index contributed by atoms with van der Waals surface area (Å²) >= 11 is 0. The van der Waals surface area contributed by atoms with E-state index in [-0.39, 0.29) is 5.57 Å². The number of ketones is 2. The molecule has 5 heteroatoms. The molecule has 0 atom stereocenters. The van der Waals surface area contributed by atoms with Gasteiger partial charge in [0.2, 0.25) is 11.6 Å². The molecule has 1 aromatic carbocycles. The lowest BCUT2D eigenvalue weighted by molar-refractivity contribution is -0.138. The van der Waals surface area contributed by atoms with Crippen molar-refractivity contribution in [3.63, 3.8) is 0 Å². The fourth-order valence-electron chi connectivity index (χ4n) is 2.29. The Morgan fingerprint density at radius 1 is 1.10 bits per heavy atom. The van der Waals surface area contributed by atoms with Crippen LogP contribution < -0.4 is 0 Å². The number of nitrogens with one attached hydrogen (secondary N) is 1. The normalized spacial score (nSPS) is 15.2. The number of Topliss-reactive ketones (excluding diaryl/α,β-unsaturated/α-hetero) is 1. The molecule has 1 aliphatic carbocycles. The fraction of sp³-hybridized carbons (Fsp3) is 0. The summed E-state index contributed by atoms with van der Waals surface area (Å²) in [7, 11) is 0. The molecular weight excluding hydrogens is 258 g/mol. The number of carbonyl (C=O) groups is 3. The molecule has 2 aromatic rings. The summed E-state index contributed by atoms with van der Waals surface area (Å²) in [5.41, 5.74) is 1.19. The lowest BCUT2D eigenvalue weighted by Gasteiger charge is -2.10. The van der Waals surface area contributed by atoms with Crippen molar-refractivity contribution in [2.24, 2.45) is 0 Å². The number of aliphatic carboxylic acids is 1. The Hall–Kier alpha value is -2.95. The number of hydrogen-bond donors (Lipinski definition) is 2. The molecule has 0 unspecified atom stereocenters. The van der Waals surface area contributed by atoms with Gasteiger partial charge in [0.05, 0.1) is 0 Å². The number of fused-ring (bicyclic) bond motifs is 1. The average Bonchev–Trinajstić information content (AvgIpc) is 2.85. The molecule has 2 N–H and O–H groups in total. The van der Waals surface area contributed by atoms with Crippen LogP contribution in [0, 0.1) is 0 Å². The zero-order valence-corrected chi connectivity index (χ0v) is 10.2. The second-order valence-electron chi connectivity index (χ2n) is 4.37. The number of carboxylic acid groups (broad SMARTS) is 1. The zero-order valence-electron chi connectivity index (χ0n) is 10.2. The van der Waals surface area contributed by atoms with Gasteiger partial charge in [0.1, 0.15) is 5.57 Å². The van der Waals surface area contributed by atoms with Crippen LogP contribution in [0.1, 0.15) is 5.56 Å². The number of para-hydroxylation sites is 1. The van der Waals surface area contributed by atoms with E-state index >= 15 is 0 Å². The summed E-state index contributed by atoms with van der Waals surface area (Å²) in [6.07, 6.45) is 4.12. The Labute approximate surface area is 113 Å². The minimum Gasteiger partial charge on any atom is -0.478 e. The Morgan fingerprint density at radius 3 is 2.60 bits per heavy atom. The number of aromatic amines is 1.